The Hall–Kier alpha value is -3.22. The van der Waals surface area contributed by atoms with Gasteiger partial charge in [-0.15, -0.1) is 0 Å². The summed E-state index contributed by atoms with van der Waals surface area (Å²) in [7, 11) is 1.60. The minimum absolute atomic E-state index is 0.00526. The van der Waals surface area contributed by atoms with Crippen LogP contribution in [0.5, 0.6) is 17.2 Å². The monoisotopic (exact) mass is 351 g/mol. The quantitative estimate of drug-likeness (QED) is 0.766. The number of hydrogen-bond donors (Lipinski definition) is 1. The van der Waals surface area contributed by atoms with Gasteiger partial charge in [0.05, 0.1) is 25.0 Å². The molecule has 1 aromatic carbocycles. The Morgan fingerprint density at radius 3 is 3.12 bits per heavy atom. The molecule has 7 nitrogen and oxygen atoms in total. The third-order valence-corrected chi connectivity index (χ3v) is 4.90. The number of imidazole rings is 1. The molecule has 26 heavy (non-hydrogen) atoms. The zero-order valence-corrected chi connectivity index (χ0v) is 14.2. The summed E-state index contributed by atoms with van der Waals surface area (Å²) in [6.07, 6.45) is 2.31. The van der Waals surface area contributed by atoms with Crippen LogP contribution in [0.2, 0.25) is 0 Å². The number of ether oxygens (including phenoxy) is 3. The molecule has 0 saturated heterocycles. The zero-order chi connectivity index (χ0) is 17.7. The van der Waals surface area contributed by atoms with Crippen molar-refractivity contribution in [3.8, 4) is 17.2 Å². The topological polar surface area (TPSA) is 74.1 Å². The number of hydrogen-bond acceptors (Lipinski definition) is 5. The van der Waals surface area contributed by atoms with Crippen LogP contribution in [0.1, 0.15) is 29.3 Å². The molecule has 0 saturated carbocycles. The SMILES string of the molecule is COc1cc([C@@H]2CC(=O)NCc3nc4ccccn4c32)cc2c1OCO2. The molecule has 0 fully saturated rings. The molecule has 0 spiro atoms. The first-order valence-electron chi connectivity index (χ1n) is 8.44. The second-order valence-corrected chi connectivity index (χ2v) is 6.36. The van der Waals surface area contributed by atoms with Gasteiger partial charge in [0.1, 0.15) is 5.65 Å². The fraction of sp³-hybridized carbons (Fsp3) is 0.263. The number of aromatic nitrogens is 2. The van der Waals surface area contributed by atoms with Gasteiger partial charge in [0, 0.05) is 18.5 Å². The molecule has 4 heterocycles. The fourth-order valence-electron chi connectivity index (χ4n) is 3.73. The van der Waals surface area contributed by atoms with Gasteiger partial charge in [-0.2, -0.15) is 0 Å². The van der Waals surface area contributed by atoms with Crippen molar-refractivity contribution in [1.82, 2.24) is 14.7 Å². The lowest BCUT2D eigenvalue weighted by Crippen LogP contribution is -2.21. The highest BCUT2D eigenvalue weighted by Crippen LogP contribution is 2.45. The number of rotatable bonds is 2. The van der Waals surface area contributed by atoms with Crippen molar-refractivity contribution in [1.29, 1.82) is 0 Å². The first-order chi connectivity index (χ1) is 12.7. The summed E-state index contributed by atoms with van der Waals surface area (Å²) in [4.78, 5) is 17.0. The first-order valence-corrected chi connectivity index (χ1v) is 8.44. The lowest BCUT2D eigenvalue weighted by atomic mass is 9.91. The summed E-state index contributed by atoms with van der Waals surface area (Å²) in [5.74, 6) is 1.68. The second kappa shape index (κ2) is 5.66. The van der Waals surface area contributed by atoms with Crippen molar-refractivity contribution in [3.05, 3.63) is 53.5 Å². The van der Waals surface area contributed by atoms with Crippen LogP contribution < -0.4 is 19.5 Å². The summed E-state index contributed by atoms with van der Waals surface area (Å²) in [5.41, 5.74) is 3.70. The molecule has 2 aliphatic rings. The zero-order valence-electron chi connectivity index (χ0n) is 14.2. The van der Waals surface area contributed by atoms with Crippen molar-refractivity contribution in [3.63, 3.8) is 0 Å². The van der Waals surface area contributed by atoms with E-state index in [0.29, 0.717) is 30.2 Å². The first kappa shape index (κ1) is 15.1. The molecule has 132 valence electrons. The normalized spacial score (nSPS) is 18.3. The molecule has 5 rings (SSSR count). The highest BCUT2D eigenvalue weighted by atomic mass is 16.7. The number of amides is 1. The molecule has 1 N–H and O–H groups in total. The molecule has 2 aliphatic heterocycles. The second-order valence-electron chi connectivity index (χ2n) is 6.36. The van der Waals surface area contributed by atoms with E-state index in [1.807, 2.05) is 36.5 Å². The predicted molar refractivity (Wildman–Crippen MR) is 92.6 cm³/mol. The summed E-state index contributed by atoms with van der Waals surface area (Å²) in [5, 5.41) is 2.94. The van der Waals surface area contributed by atoms with Crippen LogP contribution in [0.3, 0.4) is 0 Å². The predicted octanol–water partition coefficient (Wildman–Crippen LogP) is 2.22. The van der Waals surface area contributed by atoms with E-state index in [-0.39, 0.29) is 18.6 Å². The van der Waals surface area contributed by atoms with Crippen molar-refractivity contribution >= 4 is 11.6 Å². The van der Waals surface area contributed by atoms with Gasteiger partial charge >= 0.3 is 0 Å². The fourth-order valence-corrected chi connectivity index (χ4v) is 3.73. The van der Waals surface area contributed by atoms with E-state index in [1.54, 1.807) is 7.11 Å². The largest absolute Gasteiger partial charge is 0.493 e. The van der Waals surface area contributed by atoms with Gasteiger partial charge < -0.3 is 23.9 Å². The summed E-state index contributed by atoms with van der Waals surface area (Å²) >= 11 is 0. The van der Waals surface area contributed by atoms with Crippen LogP contribution in [-0.4, -0.2) is 29.2 Å². The average molecular weight is 351 g/mol. The van der Waals surface area contributed by atoms with E-state index in [1.165, 1.54) is 0 Å². The summed E-state index contributed by atoms with van der Waals surface area (Å²) in [6, 6.07) is 9.74. The number of carbonyl (C=O) groups excluding carboxylic acids is 1. The molecule has 1 amide bonds. The lowest BCUT2D eigenvalue weighted by Gasteiger charge is -2.17. The van der Waals surface area contributed by atoms with Crippen molar-refractivity contribution in [2.75, 3.05) is 13.9 Å². The smallest absolute Gasteiger partial charge is 0.231 e. The van der Waals surface area contributed by atoms with E-state index in [2.05, 4.69) is 9.72 Å². The maximum absolute atomic E-state index is 12.3. The number of methoxy groups -OCH3 is 1. The third-order valence-electron chi connectivity index (χ3n) is 4.90. The minimum atomic E-state index is -0.159. The summed E-state index contributed by atoms with van der Waals surface area (Å²) in [6.45, 7) is 0.592. The molecule has 1 atom stereocenters. The van der Waals surface area contributed by atoms with Crippen molar-refractivity contribution < 1.29 is 19.0 Å². The van der Waals surface area contributed by atoms with Crippen molar-refractivity contribution in [2.45, 2.75) is 18.9 Å². The van der Waals surface area contributed by atoms with Gasteiger partial charge in [-0.3, -0.25) is 4.79 Å². The van der Waals surface area contributed by atoms with Crippen molar-refractivity contribution in [2.24, 2.45) is 0 Å². The number of pyridine rings is 1. The van der Waals surface area contributed by atoms with Crippen LogP contribution >= 0.6 is 0 Å². The number of carbonyl (C=O) groups is 1. The van der Waals surface area contributed by atoms with Crippen LogP contribution in [0.15, 0.2) is 36.5 Å². The van der Waals surface area contributed by atoms with Gasteiger partial charge in [-0.25, -0.2) is 4.98 Å². The highest BCUT2D eigenvalue weighted by Gasteiger charge is 2.31. The highest BCUT2D eigenvalue weighted by molar-refractivity contribution is 5.78. The third kappa shape index (κ3) is 2.20. The van der Waals surface area contributed by atoms with Gasteiger partial charge in [-0.05, 0) is 29.8 Å². The Morgan fingerprint density at radius 2 is 2.23 bits per heavy atom. The van der Waals surface area contributed by atoms with E-state index in [9.17, 15) is 4.79 Å². The average Bonchev–Trinajstić information content (AvgIpc) is 3.24. The van der Waals surface area contributed by atoms with Crippen LogP contribution in [-0.2, 0) is 11.3 Å². The molecular formula is C19H17N3O4. The molecule has 0 bridgehead atoms. The molecule has 2 aromatic heterocycles. The van der Waals surface area contributed by atoms with Crippen LogP contribution in [0.4, 0.5) is 0 Å². The van der Waals surface area contributed by atoms with E-state index in [0.717, 1.165) is 22.6 Å². The van der Waals surface area contributed by atoms with Crippen LogP contribution in [0.25, 0.3) is 5.65 Å². The standard InChI is InChI=1S/C19H17N3O4/c1-24-14-6-11(7-15-19(14)26-10-25-15)12-8-17(23)20-9-13-18(12)22-5-3-2-4-16(22)21-13/h2-7,12H,8-10H2,1H3,(H,20,23)/t12-/m0/s1. The Bertz CT molecular complexity index is 1030. The van der Waals surface area contributed by atoms with Gasteiger partial charge in [0.15, 0.2) is 11.5 Å². The lowest BCUT2D eigenvalue weighted by molar-refractivity contribution is -0.121. The van der Waals surface area contributed by atoms with Gasteiger partial charge in [0.2, 0.25) is 18.4 Å². The number of nitrogens with one attached hydrogen (secondary N) is 1. The maximum atomic E-state index is 12.3. The number of nitrogens with zero attached hydrogens (tertiary/aromatic N) is 2. The van der Waals surface area contributed by atoms with Gasteiger partial charge in [0.25, 0.3) is 0 Å². The maximum Gasteiger partial charge on any atom is 0.231 e. The van der Waals surface area contributed by atoms with E-state index < -0.39 is 0 Å². The summed E-state index contributed by atoms with van der Waals surface area (Å²) < 4.78 is 18.6. The molecule has 0 radical (unpaired) electrons. The van der Waals surface area contributed by atoms with E-state index in [4.69, 9.17) is 19.2 Å². The molecule has 3 aromatic rings. The molecule has 0 unspecified atom stereocenters. The van der Waals surface area contributed by atoms with Crippen LogP contribution in [0, 0.1) is 0 Å². The van der Waals surface area contributed by atoms with Gasteiger partial charge in [-0.1, -0.05) is 6.07 Å². The molecule has 0 aliphatic carbocycles. The molecule has 7 heteroatoms. The Balaban J connectivity index is 1.73. The Morgan fingerprint density at radius 1 is 1.31 bits per heavy atom. The molecular weight excluding hydrogens is 334 g/mol. The Labute approximate surface area is 149 Å². The van der Waals surface area contributed by atoms with E-state index >= 15 is 0 Å². The number of fused-ring (bicyclic) bond motifs is 4. The number of benzene rings is 1. The minimum Gasteiger partial charge on any atom is -0.493 e. The Kier molecular flexibility index (Phi) is 3.28.